The Morgan fingerprint density at radius 2 is 2.19 bits per heavy atom. The van der Waals surface area contributed by atoms with Gasteiger partial charge in [-0.1, -0.05) is 0 Å². The molecule has 1 atom stereocenters. The van der Waals surface area contributed by atoms with Gasteiger partial charge >= 0.3 is 5.97 Å². The molecule has 5 heteroatoms. The van der Waals surface area contributed by atoms with Crippen molar-refractivity contribution in [3.63, 3.8) is 0 Å². The number of methoxy groups -OCH3 is 1. The topological polar surface area (TPSA) is 50.8 Å². The fraction of sp³-hybridized carbons (Fsp3) is 0.909. The summed E-state index contributed by atoms with van der Waals surface area (Å²) in [7, 11) is 1.46. The molecule has 0 saturated carbocycles. The highest BCUT2D eigenvalue weighted by Gasteiger charge is 2.46. The molecule has 1 unspecified atom stereocenters. The average molecular weight is 228 g/mol. The van der Waals surface area contributed by atoms with E-state index in [-0.39, 0.29) is 5.97 Å². The van der Waals surface area contributed by atoms with Crippen molar-refractivity contribution >= 4 is 5.97 Å². The Morgan fingerprint density at radius 3 is 2.75 bits per heavy atom. The molecule has 16 heavy (non-hydrogen) atoms. The fourth-order valence-electron chi connectivity index (χ4n) is 2.60. The van der Waals surface area contributed by atoms with Gasteiger partial charge in [-0.05, 0) is 12.8 Å². The molecule has 2 fully saturated rings. The Hall–Kier alpha value is -0.650. The first kappa shape index (κ1) is 11.8. The van der Waals surface area contributed by atoms with Crippen LogP contribution in [-0.2, 0) is 14.3 Å². The van der Waals surface area contributed by atoms with Crippen LogP contribution in [0.2, 0.25) is 0 Å². The molecular weight excluding hydrogens is 208 g/mol. The van der Waals surface area contributed by atoms with Crippen molar-refractivity contribution in [2.24, 2.45) is 0 Å². The zero-order valence-corrected chi connectivity index (χ0v) is 9.83. The summed E-state index contributed by atoms with van der Waals surface area (Å²) in [5.41, 5.74) is -0.533. The number of rotatable bonds is 2. The van der Waals surface area contributed by atoms with Crippen LogP contribution in [-0.4, -0.2) is 62.9 Å². The number of carbonyl (C=O) groups excluding carboxylic acids is 1. The van der Waals surface area contributed by atoms with Crippen molar-refractivity contribution in [2.75, 3.05) is 46.5 Å². The quantitative estimate of drug-likeness (QED) is 0.653. The van der Waals surface area contributed by atoms with E-state index in [4.69, 9.17) is 9.47 Å². The van der Waals surface area contributed by atoms with Gasteiger partial charge in [0.1, 0.15) is 5.54 Å². The molecule has 0 aromatic carbocycles. The normalized spacial score (nSPS) is 32.3. The Kier molecular flexibility index (Phi) is 3.78. The number of hydrogen-bond donors (Lipinski definition) is 1. The van der Waals surface area contributed by atoms with Gasteiger partial charge in [-0.3, -0.25) is 4.90 Å². The van der Waals surface area contributed by atoms with E-state index in [1.165, 1.54) is 7.11 Å². The maximum absolute atomic E-state index is 12.0. The molecule has 0 aromatic heterocycles. The molecule has 0 bridgehead atoms. The molecule has 0 spiro atoms. The molecule has 2 rings (SSSR count). The van der Waals surface area contributed by atoms with Crippen molar-refractivity contribution < 1.29 is 14.3 Å². The molecule has 5 nitrogen and oxygen atoms in total. The molecule has 0 aliphatic carbocycles. The Balaban J connectivity index is 2.14. The summed E-state index contributed by atoms with van der Waals surface area (Å²) in [6, 6.07) is 0. The highest BCUT2D eigenvalue weighted by atomic mass is 16.5. The van der Waals surface area contributed by atoms with Crippen LogP contribution in [0.15, 0.2) is 0 Å². The first-order chi connectivity index (χ1) is 7.79. The number of piperazine rings is 1. The Morgan fingerprint density at radius 1 is 1.44 bits per heavy atom. The monoisotopic (exact) mass is 228 g/mol. The molecule has 2 aliphatic heterocycles. The molecule has 0 radical (unpaired) electrons. The second-order valence-electron chi connectivity index (χ2n) is 4.42. The van der Waals surface area contributed by atoms with Crippen molar-refractivity contribution in [3.8, 4) is 0 Å². The van der Waals surface area contributed by atoms with E-state index in [9.17, 15) is 4.79 Å². The fourth-order valence-corrected chi connectivity index (χ4v) is 2.60. The van der Waals surface area contributed by atoms with Crippen molar-refractivity contribution in [1.82, 2.24) is 10.2 Å². The maximum Gasteiger partial charge on any atom is 0.328 e. The first-order valence-corrected chi connectivity index (χ1v) is 5.91. The van der Waals surface area contributed by atoms with Gasteiger partial charge < -0.3 is 14.8 Å². The van der Waals surface area contributed by atoms with Crippen LogP contribution in [0, 0.1) is 0 Å². The molecule has 2 heterocycles. The summed E-state index contributed by atoms with van der Waals surface area (Å²) in [6.07, 6.45) is 1.78. The number of ether oxygens (including phenoxy) is 2. The van der Waals surface area contributed by atoms with Gasteiger partial charge in [0.15, 0.2) is 0 Å². The zero-order chi connectivity index (χ0) is 11.4. The summed E-state index contributed by atoms with van der Waals surface area (Å²) in [4.78, 5) is 14.2. The van der Waals surface area contributed by atoms with Gasteiger partial charge in [-0.25, -0.2) is 4.79 Å². The van der Waals surface area contributed by atoms with Gasteiger partial charge in [0, 0.05) is 32.8 Å². The van der Waals surface area contributed by atoms with Crippen LogP contribution in [0.1, 0.15) is 12.8 Å². The van der Waals surface area contributed by atoms with Gasteiger partial charge in [0.2, 0.25) is 0 Å². The number of nitrogens with one attached hydrogen (secondary N) is 1. The molecule has 2 saturated heterocycles. The van der Waals surface area contributed by atoms with E-state index >= 15 is 0 Å². The largest absolute Gasteiger partial charge is 0.468 e. The smallest absolute Gasteiger partial charge is 0.328 e. The molecule has 0 amide bonds. The third-order valence-electron chi connectivity index (χ3n) is 3.51. The van der Waals surface area contributed by atoms with E-state index in [0.29, 0.717) is 6.61 Å². The molecule has 92 valence electrons. The molecular formula is C11H20N2O3. The summed E-state index contributed by atoms with van der Waals surface area (Å²) in [6.45, 7) is 4.86. The van der Waals surface area contributed by atoms with E-state index < -0.39 is 5.54 Å². The van der Waals surface area contributed by atoms with Gasteiger partial charge in [0.05, 0.1) is 13.7 Å². The average Bonchev–Trinajstić information content (AvgIpc) is 2.39. The Bertz CT molecular complexity index is 246. The van der Waals surface area contributed by atoms with Crippen LogP contribution < -0.4 is 5.32 Å². The highest BCUT2D eigenvalue weighted by Crippen LogP contribution is 2.28. The minimum Gasteiger partial charge on any atom is -0.468 e. The van der Waals surface area contributed by atoms with Crippen LogP contribution in [0.5, 0.6) is 0 Å². The minimum atomic E-state index is -0.533. The van der Waals surface area contributed by atoms with E-state index in [1.807, 2.05) is 0 Å². The number of carbonyl (C=O) groups is 1. The second kappa shape index (κ2) is 5.12. The van der Waals surface area contributed by atoms with Crippen LogP contribution in [0.25, 0.3) is 0 Å². The standard InChI is InChI=1S/C11H20N2O3/c1-15-10(14)11(3-2-8-16-9-11)13-6-4-12-5-7-13/h12H,2-9H2,1H3. The van der Waals surface area contributed by atoms with Crippen molar-refractivity contribution in [1.29, 1.82) is 0 Å². The lowest BCUT2D eigenvalue weighted by molar-refractivity contribution is -0.166. The summed E-state index contributed by atoms with van der Waals surface area (Å²) >= 11 is 0. The lowest BCUT2D eigenvalue weighted by atomic mass is 9.89. The van der Waals surface area contributed by atoms with Crippen LogP contribution in [0.3, 0.4) is 0 Å². The number of nitrogens with zero attached hydrogens (tertiary/aromatic N) is 1. The predicted molar refractivity (Wildman–Crippen MR) is 59.2 cm³/mol. The summed E-state index contributed by atoms with van der Waals surface area (Å²) in [5, 5.41) is 3.29. The summed E-state index contributed by atoms with van der Waals surface area (Å²) in [5.74, 6) is -0.144. The van der Waals surface area contributed by atoms with Crippen molar-refractivity contribution in [2.45, 2.75) is 18.4 Å². The zero-order valence-electron chi connectivity index (χ0n) is 9.83. The summed E-state index contributed by atoms with van der Waals surface area (Å²) < 4.78 is 10.5. The lowest BCUT2D eigenvalue weighted by Gasteiger charge is -2.45. The lowest BCUT2D eigenvalue weighted by Crippen LogP contribution is -2.64. The number of esters is 1. The van der Waals surface area contributed by atoms with Crippen molar-refractivity contribution in [3.05, 3.63) is 0 Å². The third kappa shape index (κ3) is 2.07. The predicted octanol–water partition coefficient (Wildman–Crippen LogP) is -0.386. The van der Waals surface area contributed by atoms with E-state index in [0.717, 1.165) is 45.6 Å². The van der Waals surface area contributed by atoms with Crippen LogP contribution >= 0.6 is 0 Å². The minimum absolute atomic E-state index is 0.144. The highest BCUT2D eigenvalue weighted by molar-refractivity contribution is 5.81. The molecule has 0 aromatic rings. The maximum atomic E-state index is 12.0. The number of hydrogen-bond acceptors (Lipinski definition) is 5. The van der Waals surface area contributed by atoms with E-state index in [2.05, 4.69) is 10.2 Å². The van der Waals surface area contributed by atoms with Gasteiger partial charge in [-0.15, -0.1) is 0 Å². The van der Waals surface area contributed by atoms with Gasteiger partial charge in [0.25, 0.3) is 0 Å². The molecule has 1 N–H and O–H groups in total. The molecule has 2 aliphatic rings. The van der Waals surface area contributed by atoms with Gasteiger partial charge in [-0.2, -0.15) is 0 Å². The first-order valence-electron chi connectivity index (χ1n) is 5.91. The SMILES string of the molecule is COC(=O)C1(N2CCNCC2)CCCOC1. The Labute approximate surface area is 96.1 Å². The van der Waals surface area contributed by atoms with Crippen LogP contribution in [0.4, 0.5) is 0 Å². The third-order valence-corrected chi connectivity index (χ3v) is 3.51. The van der Waals surface area contributed by atoms with E-state index in [1.54, 1.807) is 0 Å². The second-order valence-corrected chi connectivity index (χ2v) is 4.42.